The predicted molar refractivity (Wildman–Crippen MR) is 75.8 cm³/mol. The van der Waals surface area contributed by atoms with E-state index in [1.54, 1.807) is 12.1 Å². The smallest absolute Gasteiger partial charge is 0.115 e. The maximum absolute atomic E-state index is 9.58. The minimum absolute atomic E-state index is 0.269. The molecule has 0 aromatic heterocycles. The van der Waals surface area contributed by atoms with Crippen LogP contribution in [-0.2, 0) is 6.42 Å². The third kappa shape index (κ3) is 3.27. The van der Waals surface area contributed by atoms with Gasteiger partial charge in [-0.2, -0.15) is 5.26 Å². The summed E-state index contributed by atoms with van der Waals surface area (Å²) in [6.07, 6.45) is 2.99. The zero-order valence-corrected chi connectivity index (χ0v) is 11.8. The van der Waals surface area contributed by atoms with Gasteiger partial charge in [-0.3, -0.25) is 4.90 Å². The molecule has 1 atom stereocenters. The van der Waals surface area contributed by atoms with Gasteiger partial charge in [0.2, 0.25) is 0 Å². The Morgan fingerprint density at radius 2 is 2.11 bits per heavy atom. The van der Waals surface area contributed by atoms with Crippen molar-refractivity contribution in [1.82, 2.24) is 4.90 Å². The van der Waals surface area contributed by atoms with Crippen LogP contribution >= 0.6 is 0 Å². The zero-order chi connectivity index (χ0) is 13.9. The van der Waals surface area contributed by atoms with Crippen LogP contribution in [0, 0.1) is 17.2 Å². The molecule has 2 rings (SSSR count). The van der Waals surface area contributed by atoms with Gasteiger partial charge in [0.25, 0.3) is 0 Å². The van der Waals surface area contributed by atoms with E-state index in [9.17, 15) is 10.4 Å². The van der Waals surface area contributed by atoms with Crippen LogP contribution in [0.15, 0.2) is 24.3 Å². The van der Waals surface area contributed by atoms with Crippen molar-refractivity contribution < 1.29 is 5.11 Å². The molecule has 1 aliphatic heterocycles. The predicted octanol–water partition coefficient (Wildman–Crippen LogP) is 2.95. The lowest BCUT2D eigenvalue weighted by Crippen LogP contribution is -2.50. The van der Waals surface area contributed by atoms with Crippen molar-refractivity contribution in [3.8, 4) is 11.8 Å². The normalized spacial score (nSPS) is 20.7. The van der Waals surface area contributed by atoms with Crippen LogP contribution < -0.4 is 0 Å². The minimum atomic E-state index is -0.478. The lowest BCUT2D eigenvalue weighted by molar-refractivity contribution is 0.103. The molecule has 1 saturated heterocycles. The van der Waals surface area contributed by atoms with Gasteiger partial charge in [0.1, 0.15) is 11.3 Å². The summed E-state index contributed by atoms with van der Waals surface area (Å²) in [6, 6.07) is 9.70. The molecular formula is C16H22N2O. The number of nitrogens with zero attached hydrogens (tertiary/aromatic N) is 2. The third-order valence-electron chi connectivity index (χ3n) is 4.18. The van der Waals surface area contributed by atoms with E-state index in [1.165, 1.54) is 0 Å². The molecule has 1 aromatic rings. The SMILES string of the molecule is CC1CCN(C(C)(C#N)Cc2cccc(O)c2)CC1. The maximum atomic E-state index is 9.58. The molecular weight excluding hydrogens is 236 g/mol. The molecule has 3 heteroatoms. The monoisotopic (exact) mass is 258 g/mol. The van der Waals surface area contributed by atoms with Gasteiger partial charge in [0, 0.05) is 6.42 Å². The van der Waals surface area contributed by atoms with Crippen LogP contribution in [0.2, 0.25) is 0 Å². The Bertz CT molecular complexity index is 472. The topological polar surface area (TPSA) is 47.3 Å². The Balaban J connectivity index is 2.12. The van der Waals surface area contributed by atoms with Crippen molar-refractivity contribution in [3.05, 3.63) is 29.8 Å². The van der Waals surface area contributed by atoms with Crippen molar-refractivity contribution in [2.75, 3.05) is 13.1 Å². The van der Waals surface area contributed by atoms with Gasteiger partial charge in [-0.1, -0.05) is 19.1 Å². The molecule has 0 amide bonds. The second kappa shape index (κ2) is 5.63. The zero-order valence-electron chi connectivity index (χ0n) is 11.8. The standard InChI is InChI=1S/C16H22N2O/c1-13-6-8-18(9-7-13)16(2,12-17)11-14-4-3-5-15(19)10-14/h3-5,10,13,19H,6-9,11H2,1-2H3. The van der Waals surface area contributed by atoms with E-state index in [0.717, 1.165) is 37.4 Å². The first-order chi connectivity index (χ1) is 9.03. The van der Waals surface area contributed by atoms with E-state index in [2.05, 4.69) is 17.9 Å². The molecule has 0 spiro atoms. The Kier molecular flexibility index (Phi) is 4.11. The highest BCUT2D eigenvalue weighted by Gasteiger charge is 2.34. The van der Waals surface area contributed by atoms with Gasteiger partial charge in [-0.25, -0.2) is 0 Å². The maximum Gasteiger partial charge on any atom is 0.115 e. The molecule has 1 aliphatic rings. The highest BCUT2D eigenvalue weighted by Crippen LogP contribution is 2.27. The average molecular weight is 258 g/mol. The summed E-state index contributed by atoms with van der Waals surface area (Å²) < 4.78 is 0. The highest BCUT2D eigenvalue weighted by atomic mass is 16.3. The fourth-order valence-electron chi connectivity index (χ4n) is 2.79. The average Bonchev–Trinajstić information content (AvgIpc) is 2.39. The number of benzene rings is 1. The first-order valence-corrected chi connectivity index (χ1v) is 6.98. The Morgan fingerprint density at radius 1 is 1.42 bits per heavy atom. The third-order valence-corrected chi connectivity index (χ3v) is 4.18. The Labute approximate surface area is 115 Å². The number of nitriles is 1. The first kappa shape index (κ1) is 13.9. The summed E-state index contributed by atoms with van der Waals surface area (Å²) in [5.41, 5.74) is 0.538. The molecule has 1 heterocycles. The fourth-order valence-corrected chi connectivity index (χ4v) is 2.79. The summed E-state index contributed by atoms with van der Waals surface area (Å²) in [7, 11) is 0. The summed E-state index contributed by atoms with van der Waals surface area (Å²) in [5.74, 6) is 1.03. The van der Waals surface area contributed by atoms with E-state index in [-0.39, 0.29) is 5.75 Å². The summed E-state index contributed by atoms with van der Waals surface area (Å²) in [4.78, 5) is 2.29. The Morgan fingerprint density at radius 3 is 2.68 bits per heavy atom. The van der Waals surface area contributed by atoms with Gasteiger partial charge in [0.05, 0.1) is 6.07 Å². The number of rotatable bonds is 3. The molecule has 102 valence electrons. The van der Waals surface area contributed by atoms with E-state index in [0.29, 0.717) is 6.42 Å². The molecule has 0 bridgehead atoms. The summed E-state index contributed by atoms with van der Waals surface area (Å²) >= 11 is 0. The molecule has 1 aromatic carbocycles. The lowest BCUT2D eigenvalue weighted by atomic mass is 9.88. The molecule has 1 unspecified atom stereocenters. The van der Waals surface area contributed by atoms with Crippen LogP contribution in [0.1, 0.15) is 32.3 Å². The van der Waals surface area contributed by atoms with Gasteiger partial charge >= 0.3 is 0 Å². The number of piperidine rings is 1. The molecule has 0 radical (unpaired) electrons. The summed E-state index contributed by atoms with van der Waals surface area (Å²) in [5, 5.41) is 19.1. The van der Waals surface area contributed by atoms with Gasteiger partial charge in [0.15, 0.2) is 0 Å². The van der Waals surface area contributed by atoms with E-state index in [1.807, 2.05) is 19.1 Å². The second-order valence-electron chi connectivity index (χ2n) is 5.90. The van der Waals surface area contributed by atoms with E-state index in [4.69, 9.17) is 0 Å². The van der Waals surface area contributed by atoms with Crippen LogP contribution in [0.3, 0.4) is 0 Å². The van der Waals surface area contributed by atoms with Crippen LogP contribution in [0.5, 0.6) is 5.75 Å². The number of phenols is 1. The number of aromatic hydroxyl groups is 1. The van der Waals surface area contributed by atoms with E-state index >= 15 is 0 Å². The number of likely N-dealkylation sites (tertiary alicyclic amines) is 1. The molecule has 3 nitrogen and oxygen atoms in total. The fraction of sp³-hybridized carbons (Fsp3) is 0.562. The van der Waals surface area contributed by atoms with Crippen molar-refractivity contribution >= 4 is 0 Å². The minimum Gasteiger partial charge on any atom is -0.508 e. The van der Waals surface area contributed by atoms with E-state index < -0.39 is 5.54 Å². The molecule has 0 saturated carbocycles. The van der Waals surface area contributed by atoms with Crippen molar-refractivity contribution in [2.45, 2.75) is 38.6 Å². The van der Waals surface area contributed by atoms with Crippen molar-refractivity contribution in [2.24, 2.45) is 5.92 Å². The van der Waals surface area contributed by atoms with Crippen LogP contribution in [-0.4, -0.2) is 28.6 Å². The number of hydrogen-bond acceptors (Lipinski definition) is 3. The highest BCUT2D eigenvalue weighted by molar-refractivity contribution is 5.30. The Hall–Kier alpha value is -1.53. The molecule has 19 heavy (non-hydrogen) atoms. The molecule has 1 fully saturated rings. The summed E-state index contributed by atoms with van der Waals surface area (Å²) in [6.45, 7) is 6.26. The second-order valence-corrected chi connectivity index (χ2v) is 5.90. The quantitative estimate of drug-likeness (QED) is 0.906. The van der Waals surface area contributed by atoms with Gasteiger partial charge in [-0.15, -0.1) is 0 Å². The lowest BCUT2D eigenvalue weighted by Gasteiger charge is -2.40. The number of phenolic OH excluding ortho intramolecular Hbond substituents is 1. The first-order valence-electron chi connectivity index (χ1n) is 6.98. The van der Waals surface area contributed by atoms with Gasteiger partial charge in [-0.05, 0) is 56.5 Å². The van der Waals surface area contributed by atoms with Crippen LogP contribution in [0.25, 0.3) is 0 Å². The van der Waals surface area contributed by atoms with Crippen molar-refractivity contribution in [1.29, 1.82) is 5.26 Å². The number of hydrogen-bond donors (Lipinski definition) is 1. The van der Waals surface area contributed by atoms with Crippen LogP contribution in [0.4, 0.5) is 0 Å². The molecule has 0 aliphatic carbocycles. The largest absolute Gasteiger partial charge is 0.508 e. The molecule has 1 N–H and O–H groups in total. The van der Waals surface area contributed by atoms with Crippen molar-refractivity contribution in [3.63, 3.8) is 0 Å². The van der Waals surface area contributed by atoms with Gasteiger partial charge < -0.3 is 5.11 Å².